The molecule has 1 fully saturated rings. The number of amides is 2. The standard InChI is InChI=1S/C21H19N3O2S/c25-19(13-18-14-27-21(23-18)24-12-4-7-20(24)26)22-17-10-8-16(9-11-17)15-5-2-1-3-6-15/h1-3,5-6,8-11,14H,4,7,12-13H2,(H,22,25). The fraction of sp³-hybridized carbons (Fsp3) is 0.190. The predicted octanol–water partition coefficient (Wildman–Crippen LogP) is 4.12. The molecule has 6 heteroatoms. The van der Waals surface area contributed by atoms with Crippen molar-refractivity contribution in [3.05, 3.63) is 65.7 Å². The Morgan fingerprint density at radius 1 is 1.07 bits per heavy atom. The van der Waals surface area contributed by atoms with Gasteiger partial charge < -0.3 is 5.32 Å². The largest absolute Gasteiger partial charge is 0.326 e. The molecule has 4 rings (SSSR count). The number of hydrogen-bond acceptors (Lipinski definition) is 4. The van der Waals surface area contributed by atoms with Gasteiger partial charge in [0.25, 0.3) is 0 Å². The van der Waals surface area contributed by atoms with E-state index >= 15 is 0 Å². The summed E-state index contributed by atoms with van der Waals surface area (Å²) in [7, 11) is 0. The van der Waals surface area contributed by atoms with Gasteiger partial charge in [0, 0.05) is 24.0 Å². The van der Waals surface area contributed by atoms with Crippen LogP contribution in [0.1, 0.15) is 18.5 Å². The number of carbonyl (C=O) groups is 2. The lowest BCUT2D eigenvalue weighted by Crippen LogP contribution is -2.23. The molecule has 0 spiro atoms. The third-order valence-electron chi connectivity index (χ3n) is 4.46. The van der Waals surface area contributed by atoms with Crippen molar-refractivity contribution in [2.24, 2.45) is 0 Å². The quantitative estimate of drug-likeness (QED) is 0.728. The predicted molar refractivity (Wildman–Crippen MR) is 108 cm³/mol. The molecule has 1 saturated heterocycles. The van der Waals surface area contributed by atoms with Gasteiger partial charge in [0.05, 0.1) is 12.1 Å². The fourth-order valence-electron chi connectivity index (χ4n) is 3.10. The van der Waals surface area contributed by atoms with E-state index in [2.05, 4.69) is 22.4 Å². The monoisotopic (exact) mass is 377 g/mol. The van der Waals surface area contributed by atoms with Gasteiger partial charge in [0.15, 0.2) is 5.13 Å². The van der Waals surface area contributed by atoms with Crippen molar-refractivity contribution < 1.29 is 9.59 Å². The Bertz CT molecular complexity index is 951. The molecule has 0 aliphatic carbocycles. The van der Waals surface area contributed by atoms with Gasteiger partial charge in [0.1, 0.15) is 0 Å². The maximum Gasteiger partial charge on any atom is 0.230 e. The van der Waals surface area contributed by atoms with E-state index in [4.69, 9.17) is 0 Å². The summed E-state index contributed by atoms with van der Waals surface area (Å²) in [4.78, 5) is 30.2. The molecule has 1 aliphatic heterocycles. The molecule has 5 nitrogen and oxygen atoms in total. The zero-order chi connectivity index (χ0) is 18.6. The molecule has 0 unspecified atom stereocenters. The fourth-order valence-corrected chi connectivity index (χ4v) is 3.97. The van der Waals surface area contributed by atoms with E-state index in [0.29, 0.717) is 23.8 Å². The van der Waals surface area contributed by atoms with E-state index in [1.807, 2.05) is 47.8 Å². The van der Waals surface area contributed by atoms with Crippen molar-refractivity contribution in [1.29, 1.82) is 0 Å². The number of nitrogens with zero attached hydrogens (tertiary/aromatic N) is 2. The Hall–Kier alpha value is -2.99. The Kier molecular flexibility index (Phi) is 4.98. The number of anilines is 2. The van der Waals surface area contributed by atoms with Crippen molar-refractivity contribution in [2.45, 2.75) is 19.3 Å². The minimum absolute atomic E-state index is 0.110. The van der Waals surface area contributed by atoms with Crippen LogP contribution >= 0.6 is 11.3 Å². The molecule has 0 saturated carbocycles. The van der Waals surface area contributed by atoms with Crippen LogP contribution in [0.15, 0.2) is 60.0 Å². The maximum atomic E-state index is 12.3. The van der Waals surface area contributed by atoms with Crippen molar-refractivity contribution in [3.8, 4) is 11.1 Å². The van der Waals surface area contributed by atoms with Crippen LogP contribution in [0.4, 0.5) is 10.8 Å². The summed E-state index contributed by atoms with van der Waals surface area (Å²) in [5, 5.41) is 5.44. The number of carbonyl (C=O) groups excluding carboxylic acids is 2. The number of aromatic nitrogens is 1. The van der Waals surface area contributed by atoms with Crippen LogP contribution in [-0.2, 0) is 16.0 Å². The van der Waals surface area contributed by atoms with E-state index in [1.165, 1.54) is 11.3 Å². The van der Waals surface area contributed by atoms with E-state index in [9.17, 15) is 9.59 Å². The molecule has 0 radical (unpaired) electrons. The first-order valence-electron chi connectivity index (χ1n) is 8.89. The van der Waals surface area contributed by atoms with Crippen LogP contribution in [-0.4, -0.2) is 23.3 Å². The van der Waals surface area contributed by atoms with Crippen molar-refractivity contribution in [1.82, 2.24) is 4.98 Å². The second-order valence-electron chi connectivity index (χ2n) is 6.44. The van der Waals surface area contributed by atoms with Crippen LogP contribution in [0.3, 0.4) is 0 Å². The van der Waals surface area contributed by atoms with Crippen LogP contribution in [0.2, 0.25) is 0 Å². The number of hydrogen-bond donors (Lipinski definition) is 1. The van der Waals surface area contributed by atoms with Crippen molar-refractivity contribution in [2.75, 3.05) is 16.8 Å². The lowest BCUT2D eigenvalue weighted by atomic mass is 10.1. The molecule has 0 bridgehead atoms. The van der Waals surface area contributed by atoms with Gasteiger partial charge in [-0.25, -0.2) is 4.98 Å². The molecule has 27 heavy (non-hydrogen) atoms. The summed E-state index contributed by atoms with van der Waals surface area (Å²) in [6.07, 6.45) is 1.64. The van der Waals surface area contributed by atoms with E-state index in [1.54, 1.807) is 4.90 Å². The van der Waals surface area contributed by atoms with Crippen LogP contribution < -0.4 is 10.2 Å². The van der Waals surface area contributed by atoms with Crippen LogP contribution in [0, 0.1) is 0 Å². The number of thiazole rings is 1. The van der Waals surface area contributed by atoms with Gasteiger partial charge >= 0.3 is 0 Å². The highest BCUT2D eigenvalue weighted by atomic mass is 32.1. The summed E-state index contributed by atoms with van der Waals surface area (Å²) in [5.74, 6) is -0.00841. The number of nitrogens with one attached hydrogen (secondary N) is 1. The van der Waals surface area contributed by atoms with Gasteiger partial charge in [-0.05, 0) is 29.7 Å². The first kappa shape index (κ1) is 17.4. The van der Waals surface area contributed by atoms with Crippen LogP contribution in [0.25, 0.3) is 11.1 Å². The highest BCUT2D eigenvalue weighted by molar-refractivity contribution is 7.14. The molecule has 2 aromatic carbocycles. The van der Waals surface area contributed by atoms with Gasteiger partial charge in [-0.2, -0.15) is 0 Å². The average Bonchev–Trinajstić information content (AvgIpc) is 3.31. The minimum Gasteiger partial charge on any atom is -0.326 e. The molecule has 136 valence electrons. The Morgan fingerprint density at radius 3 is 2.52 bits per heavy atom. The minimum atomic E-state index is -0.118. The molecular weight excluding hydrogens is 358 g/mol. The zero-order valence-electron chi connectivity index (χ0n) is 14.7. The molecule has 3 aromatic rings. The van der Waals surface area contributed by atoms with E-state index < -0.39 is 0 Å². The van der Waals surface area contributed by atoms with Gasteiger partial charge in [-0.15, -0.1) is 11.3 Å². The maximum absolute atomic E-state index is 12.3. The molecular formula is C21H19N3O2S. The highest BCUT2D eigenvalue weighted by Crippen LogP contribution is 2.26. The molecule has 1 N–H and O–H groups in total. The third-order valence-corrected chi connectivity index (χ3v) is 5.37. The highest BCUT2D eigenvalue weighted by Gasteiger charge is 2.24. The van der Waals surface area contributed by atoms with Crippen molar-refractivity contribution in [3.63, 3.8) is 0 Å². The number of rotatable bonds is 5. The summed E-state index contributed by atoms with van der Waals surface area (Å²) < 4.78 is 0. The van der Waals surface area contributed by atoms with Gasteiger partial charge in [-0.1, -0.05) is 42.5 Å². The van der Waals surface area contributed by atoms with Crippen molar-refractivity contribution >= 4 is 34.0 Å². The first-order chi connectivity index (χ1) is 13.2. The SMILES string of the molecule is O=C(Cc1csc(N2CCCC2=O)n1)Nc1ccc(-c2ccccc2)cc1. The summed E-state index contributed by atoms with van der Waals surface area (Å²) in [6, 6.07) is 17.9. The molecule has 2 heterocycles. The first-order valence-corrected chi connectivity index (χ1v) is 9.77. The Balaban J connectivity index is 1.37. The van der Waals surface area contributed by atoms with Crippen LogP contribution in [0.5, 0.6) is 0 Å². The Labute approximate surface area is 161 Å². The summed E-state index contributed by atoms with van der Waals surface area (Å²) in [5.41, 5.74) is 3.69. The summed E-state index contributed by atoms with van der Waals surface area (Å²) in [6.45, 7) is 0.714. The lowest BCUT2D eigenvalue weighted by Gasteiger charge is -2.10. The van der Waals surface area contributed by atoms with E-state index in [-0.39, 0.29) is 18.2 Å². The molecule has 0 atom stereocenters. The second kappa shape index (κ2) is 7.72. The molecule has 2 amide bonds. The average molecular weight is 377 g/mol. The summed E-state index contributed by atoms with van der Waals surface area (Å²) >= 11 is 1.41. The molecule has 1 aliphatic rings. The third kappa shape index (κ3) is 4.06. The van der Waals surface area contributed by atoms with E-state index in [0.717, 1.165) is 23.2 Å². The zero-order valence-corrected chi connectivity index (χ0v) is 15.5. The number of benzene rings is 2. The van der Waals surface area contributed by atoms with Gasteiger partial charge in [-0.3, -0.25) is 14.5 Å². The molecule has 1 aromatic heterocycles. The van der Waals surface area contributed by atoms with Gasteiger partial charge in [0.2, 0.25) is 11.8 Å². The normalized spacial score (nSPS) is 13.8. The second-order valence-corrected chi connectivity index (χ2v) is 7.28. The Morgan fingerprint density at radius 2 is 1.81 bits per heavy atom. The smallest absolute Gasteiger partial charge is 0.230 e. The lowest BCUT2D eigenvalue weighted by molar-refractivity contribution is -0.117. The topological polar surface area (TPSA) is 62.3 Å².